The van der Waals surface area contributed by atoms with Crippen molar-refractivity contribution >= 4 is 11.6 Å². The molecule has 1 atom stereocenters. The van der Waals surface area contributed by atoms with Gasteiger partial charge in [-0.25, -0.2) is 0 Å². The van der Waals surface area contributed by atoms with E-state index >= 15 is 0 Å². The summed E-state index contributed by atoms with van der Waals surface area (Å²) in [5.74, 6) is 0.808. The first-order chi connectivity index (χ1) is 9.19. The molecular formula is C16H17ClO2. The van der Waals surface area contributed by atoms with Crippen LogP contribution in [0.5, 0.6) is 5.75 Å². The van der Waals surface area contributed by atoms with Crippen molar-refractivity contribution in [3.63, 3.8) is 0 Å². The molecule has 1 unspecified atom stereocenters. The lowest BCUT2D eigenvalue weighted by Crippen LogP contribution is -2.14. The molecule has 2 aromatic rings. The van der Waals surface area contributed by atoms with Crippen LogP contribution in [0.3, 0.4) is 0 Å². The molecule has 0 aliphatic carbocycles. The summed E-state index contributed by atoms with van der Waals surface area (Å²) in [6, 6.07) is 15.3. The van der Waals surface area contributed by atoms with Gasteiger partial charge in [0.15, 0.2) is 0 Å². The summed E-state index contributed by atoms with van der Waals surface area (Å²) in [6.07, 6.45) is 0.686. The SMILES string of the molecule is COc1cccc(CC(O)Cc2ccccc2Cl)c1. The van der Waals surface area contributed by atoms with Crippen LogP contribution in [0.25, 0.3) is 0 Å². The topological polar surface area (TPSA) is 29.5 Å². The van der Waals surface area contributed by atoms with Crippen molar-refractivity contribution in [2.24, 2.45) is 0 Å². The van der Waals surface area contributed by atoms with E-state index < -0.39 is 6.10 Å². The summed E-state index contributed by atoms with van der Waals surface area (Å²) in [4.78, 5) is 0. The Morgan fingerprint density at radius 1 is 1.11 bits per heavy atom. The summed E-state index contributed by atoms with van der Waals surface area (Å²) in [7, 11) is 1.64. The fourth-order valence-electron chi connectivity index (χ4n) is 2.06. The van der Waals surface area contributed by atoms with E-state index in [-0.39, 0.29) is 0 Å². The zero-order valence-electron chi connectivity index (χ0n) is 10.8. The van der Waals surface area contributed by atoms with Gasteiger partial charge in [0.25, 0.3) is 0 Å². The zero-order chi connectivity index (χ0) is 13.7. The van der Waals surface area contributed by atoms with Crippen molar-refractivity contribution in [3.8, 4) is 5.75 Å². The highest BCUT2D eigenvalue weighted by molar-refractivity contribution is 6.31. The van der Waals surface area contributed by atoms with E-state index in [4.69, 9.17) is 16.3 Å². The second-order valence-corrected chi connectivity index (χ2v) is 4.91. The van der Waals surface area contributed by atoms with Gasteiger partial charge in [-0.2, -0.15) is 0 Å². The Labute approximate surface area is 118 Å². The minimum atomic E-state index is -0.452. The molecule has 0 aromatic heterocycles. The molecule has 2 nitrogen and oxygen atoms in total. The number of methoxy groups -OCH3 is 1. The Morgan fingerprint density at radius 3 is 2.63 bits per heavy atom. The quantitative estimate of drug-likeness (QED) is 0.906. The third-order valence-corrected chi connectivity index (χ3v) is 3.39. The Kier molecular flexibility index (Phi) is 4.83. The van der Waals surface area contributed by atoms with Crippen molar-refractivity contribution in [2.75, 3.05) is 7.11 Å². The highest BCUT2D eigenvalue weighted by atomic mass is 35.5. The Balaban J connectivity index is 2.01. The Hall–Kier alpha value is -1.51. The second kappa shape index (κ2) is 6.60. The number of hydrogen-bond donors (Lipinski definition) is 1. The van der Waals surface area contributed by atoms with Crippen molar-refractivity contribution in [1.29, 1.82) is 0 Å². The van der Waals surface area contributed by atoms with Crippen molar-refractivity contribution < 1.29 is 9.84 Å². The molecule has 0 aliphatic rings. The predicted molar refractivity (Wildman–Crippen MR) is 77.9 cm³/mol. The van der Waals surface area contributed by atoms with Gasteiger partial charge in [0.05, 0.1) is 13.2 Å². The average Bonchev–Trinajstić information content (AvgIpc) is 2.41. The summed E-state index contributed by atoms with van der Waals surface area (Å²) in [5, 5.41) is 10.8. The number of aliphatic hydroxyl groups is 1. The van der Waals surface area contributed by atoms with Gasteiger partial charge >= 0.3 is 0 Å². The first-order valence-corrected chi connectivity index (χ1v) is 6.61. The van der Waals surface area contributed by atoms with E-state index in [1.165, 1.54) is 0 Å². The monoisotopic (exact) mass is 276 g/mol. The molecule has 2 rings (SSSR count). The van der Waals surface area contributed by atoms with E-state index in [1.54, 1.807) is 7.11 Å². The highest BCUT2D eigenvalue weighted by Gasteiger charge is 2.09. The molecule has 3 heteroatoms. The molecule has 0 aliphatic heterocycles. The predicted octanol–water partition coefficient (Wildman–Crippen LogP) is 3.49. The minimum Gasteiger partial charge on any atom is -0.497 e. The van der Waals surface area contributed by atoms with Gasteiger partial charge in [0.1, 0.15) is 5.75 Å². The maximum atomic E-state index is 10.1. The minimum absolute atomic E-state index is 0.452. The standard InChI is InChI=1S/C16H17ClO2/c1-19-15-7-4-5-12(10-15)9-14(18)11-13-6-2-3-8-16(13)17/h2-8,10,14,18H,9,11H2,1H3. The molecule has 0 saturated heterocycles. The van der Waals surface area contributed by atoms with E-state index in [9.17, 15) is 5.11 Å². The molecule has 0 radical (unpaired) electrons. The third-order valence-electron chi connectivity index (χ3n) is 3.02. The van der Waals surface area contributed by atoms with Crippen LogP contribution in [0.4, 0.5) is 0 Å². The molecule has 0 spiro atoms. The van der Waals surface area contributed by atoms with E-state index in [0.717, 1.165) is 16.9 Å². The lowest BCUT2D eigenvalue weighted by atomic mass is 10.0. The lowest BCUT2D eigenvalue weighted by molar-refractivity contribution is 0.175. The van der Waals surface area contributed by atoms with Crippen LogP contribution in [0.2, 0.25) is 5.02 Å². The van der Waals surface area contributed by atoms with Crippen LogP contribution in [-0.4, -0.2) is 18.3 Å². The Morgan fingerprint density at radius 2 is 1.89 bits per heavy atom. The average molecular weight is 277 g/mol. The van der Waals surface area contributed by atoms with E-state index in [0.29, 0.717) is 17.9 Å². The Bertz CT molecular complexity index is 540. The molecule has 0 bridgehead atoms. The number of aliphatic hydroxyl groups excluding tert-OH is 1. The van der Waals surface area contributed by atoms with Crippen molar-refractivity contribution in [2.45, 2.75) is 18.9 Å². The molecule has 19 heavy (non-hydrogen) atoms. The first-order valence-electron chi connectivity index (χ1n) is 6.23. The summed E-state index contributed by atoms with van der Waals surface area (Å²) >= 11 is 6.09. The van der Waals surface area contributed by atoms with Crippen molar-refractivity contribution in [3.05, 3.63) is 64.7 Å². The van der Waals surface area contributed by atoms with Gasteiger partial charge < -0.3 is 9.84 Å². The summed E-state index contributed by atoms with van der Waals surface area (Å²) in [6.45, 7) is 0. The number of ether oxygens (including phenoxy) is 1. The normalized spacial score (nSPS) is 12.2. The fourth-order valence-corrected chi connectivity index (χ4v) is 2.27. The van der Waals surface area contributed by atoms with E-state index in [1.807, 2.05) is 48.5 Å². The summed E-state index contributed by atoms with van der Waals surface area (Å²) in [5.41, 5.74) is 2.03. The molecule has 100 valence electrons. The smallest absolute Gasteiger partial charge is 0.119 e. The molecule has 2 aromatic carbocycles. The van der Waals surface area contributed by atoms with Crippen LogP contribution in [0.1, 0.15) is 11.1 Å². The molecule has 0 saturated carbocycles. The summed E-state index contributed by atoms with van der Waals surface area (Å²) < 4.78 is 5.17. The highest BCUT2D eigenvalue weighted by Crippen LogP contribution is 2.19. The number of rotatable bonds is 5. The fraction of sp³-hybridized carbons (Fsp3) is 0.250. The number of halogens is 1. The number of hydrogen-bond acceptors (Lipinski definition) is 2. The number of benzene rings is 2. The molecule has 1 N–H and O–H groups in total. The third kappa shape index (κ3) is 3.98. The molecule has 0 fully saturated rings. The zero-order valence-corrected chi connectivity index (χ0v) is 11.6. The molecule has 0 heterocycles. The molecule has 0 amide bonds. The first kappa shape index (κ1) is 13.9. The van der Waals surface area contributed by atoms with Gasteiger partial charge in [-0.1, -0.05) is 41.9 Å². The van der Waals surface area contributed by atoms with Gasteiger partial charge in [-0.05, 0) is 35.7 Å². The van der Waals surface area contributed by atoms with E-state index in [2.05, 4.69) is 0 Å². The maximum absolute atomic E-state index is 10.1. The van der Waals surface area contributed by atoms with Crippen LogP contribution < -0.4 is 4.74 Å². The van der Waals surface area contributed by atoms with Crippen LogP contribution in [0, 0.1) is 0 Å². The molecular weight excluding hydrogens is 260 g/mol. The van der Waals surface area contributed by atoms with Gasteiger partial charge in [-0.3, -0.25) is 0 Å². The largest absolute Gasteiger partial charge is 0.497 e. The van der Waals surface area contributed by atoms with Crippen LogP contribution in [-0.2, 0) is 12.8 Å². The maximum Gasteiger partial charge on any atom is 0.119 e. The lowest BCUT2D eigenvalue weighted by Gasteiger charge is -2.12. The van der Waals surface area contributed by atoms with Gasteiger partial charge in [0, 0.05) is 11.4 Å². The van der Waals surface area contributed by atoms with Gasteiger partial charge in [0.2, 0.25) is 0 Å². The van der Waals surface area contributed by atoms with Crippen LogP contribution in [0.15, 0.2) is 48.5 Å². The van der Waals surface area contributed by atoms with Crippen LogP contribution >= 0.6 is 11.6 Å². The second-order valence-electron chi connectivity index (χ2n) is 4.51. The van der Waals surface area contributed by atoms with Crippen molar-refractivity contribution in [1.82, 2.24) is 0 Å². The van der Waals surface area contributed by atoms with Gasteiger partial charge in [-0.15, -0.1) is 0 Å².